The summed E-state index contributed by atoms with van der Waals surface area (Å²) in [7, 11) is 8.06. The van der Waals surface area contributed by atoms with Crippen LogP contribution in [-0.4, -0.2) is 38.4 Å². The fraction of sp³-hybridized carbons (Fsp3) is 0.222. The van der Waals surface area contributed by atoms with Crippen LogP contribution in [0.2, 0.25) is 5.15 Å². The Kier molecular flexibility index (Phi) is 4.09. The third-order valence-electron chi connectivity index (χ3n) is 3.89. The monoisotopic (exact) mass is 326 g/mol. The molecule has 0 aliphatic heterocycles. The number of anilines is 2. The van der Waals surface area contributed by atoms with Crippen molar-refractivity contribution in [3.63, 3.8) is 0 Å². The molecule has 1 aromatic heterocycles. The Bertz CT molecular complexity index is 842. The van der Waals surface area contributed by atoms with Gasteiger partial charge in [0, 0.05) is 55.9 Å². The summed E-state index contributed by atoms with van der Waals surface area (Å²) >= 11 is 6.26. The zero-order valence-corrected chi connectivity index (χ0v) is 14.5. The highest BCUT2D eigenvalue weighted by Gasteiger charge is 2.11. The summed E-state index contributed by atoms with van der Waals surface area (Å²) < 4.78 is 0. The number of hydrogen-bond acceptors (Lipinski definition) is 4. The molecule has 0 unspecified atom stereocenters. The van der Waals surface area contributed by atoms with Crippen LogP contribution in [-0.2, 0) is 0 Å². The van der Waals surface area contributed by atoms with Gasteiger partial charge in [0.25, 0.3) is 0 Å². The Labute approximate surface area is 141 Å². The quantitative estimate of drug-likeness (QED) is 0.726. The molecule has 0 amide bonds. The molecule has 0 atom stereocenters. The van der Waals surface area contributed by atoms with Crippen LogP contribution >= 0.6 is 11.6 Å². The fourth-order valence-corrected chi connectivity index (χ4v) is 2.71. The van der Waals surface area contributed by atoms with Crippen LogP contribution in [0.3, 0.4) is 0 Å². The van der Waals surface area contributed by atoms with E-state index in [1.165, 1.54) is 0 Å². The highest BCUT2D eigenvalue weighted by Crippen LogP contribution is 2.32. The summed E-state index contributed by atoms with van der Waals surface area (Å²) in [4.78, 5) is 4.11. The van der Waals surface area contributed by atoms with E-state index < -0.39 is 0 Å². The van der Waals surface area contributed by atoms with E-state index in [1.807, 2.05) is 39.2 Å². The lowest BCUT2D eigenvalue weighted by Gasteiger charge is -2.15. The maximum Gasteiger partial charge on any atom is 0.159 e. The van der Waals surface area contributed by atoms with Gasteiger partial charge in [0.15, 0.2) is 5.15 Å². The van der Waals surface area contributed by atoms with Gasteiger partial charge in [-0.15, -0.1) is 10.2 Å². The van der Waals surface area contributed by atoms with Crippen LogP contribution in [0.4, 0.5) is 11.4 Å². The van der Waals surface area contributed by atoms with E-state index in [-0.39, 0.29) is 0 Å². The molecule has 0 radical (unpaired) electrons. The second-order valence-corrected chi connectivity index (χ2v) is 6.26. The summed E-state index contributed by atoms with van der Waals surface area (Å²) in [6, 6.07) is 14.4. The first-order chi connectivity index (χ1) is 11.0. The molecule has 118 valence electrons. The summed E-state index contributed by atoms with van der Waals surface area (Å²) in [5.74, 6) is 0. The Morgan fingerprint density at radius 3 is 1.96 bits per heavy atom. The molecule has 0 spiro atoms. The van der Waals surface area contributed by atoms with Crippen molar-refractivity contribution in [3.05, 3.63) is 47.6 Å². The molecule has 3 rings (SSSR count). The predicted molar refractivity (Wildman–Crippen MR) is 98.6 cm³/mol. The summed E-state index contributed by atoms with van der Waals surface area (Å²) in [5.41, 5.74) is 4.11. The highest BCUT2D eigenvalue weighted by atomic mass is 35.5. The summed E-state index contributed by atoms with van der Waals surface area (Å²) in [6.07, 6.45) is 0. The zero-order valence-electron chi connectivity index (χ0n) is 13.7. The molecule has 0 aliphatic rings. The predicted octanol–water partition coefficient (Wildman–Crippen LogP) is 4.08. The van der Waals surface area contributed by atoms with E-state index >= 15 is 0 Å². The Hall–Kier alpha value is -2.33. The number of nitrogens with zero attached hydrogens (tertiary/aromatic N) is 4. The van der Waals surface area contributed by atoms with Crippen molar-refractivity contribution in [2.75, 3.05) is 38.0 Å². The largest absolute Gasteiger partial charge is 0.378 e. The maximum absolute atomic E-state index is 6.26. The van der Waals surface area contributed by atoms with Crippen LogP contribution in [0.15, 0.2) is 42.5 Å². The van der Waals surface area contributed by atoms with Gasteiger partial charge in [-0.05, 0) is 30.3 Å². The van der Waals surface area contributed by atoms with Crippen molar-refractivity contribution in [1.82, 2.24) is 10.2 Å². The van der Waals surface area contributed by atoms with Crippen LogP contribution in [0.5, 0.6) is 0 Å². The fourth-order valence-electron chi connectivity index (χ4n) is 2.52. The van der Waals surface area contributed by atoms with Gasteiger partial charge in [0.2, 0.25) is 0 Å². The van der Waals surface area contributed by atoms with Gasteiger partial charge in [0.05, 0.1) is 0 Å². The molecule has 23 heavy (non-hydrogen) atoms. The Balaban J connectivity index is 2.16. The minimum atomic E-state index is 0.428. The molecule has 2 aromatic carbocycles. The standard InChI is InChI=1S/C18H19ClN4/c1-22(2)13-7-5-12(6-8-13)17-15-10-9-14(23(3)4)11-16(15)18(19)21-20-17/h5-11H,1-4H3. The molecule has 0 saturated carbocycles. The molecule has 5 heteroatoms. The van der Waals surface area contributed by atoms with Crippen molar-refractivity contribution < 1.29 is 0 Å². The number of benzene rings is 2. The van der Waals surface area contributed by atoms with Crippen molar-refractivity contribution >= 4 is 33.7 Å². The number of hydrogen-bond donors (Lipinski definition) is 0. The van der Waals surface area contributed by atoms with Gasteiger partial charge in [-0.2, -0.15) is 0 Å². The molecule has 0 fully saturated rings. The topological polar surface area (TPSA) is 32.3 Å². The number of fused-ring (bicyclic) bond motifs is 1. The van der Waals surface area contributed by atoms with Crippen molar-refractivity contribution in [3.8, 4) is 11.3 Å². The van der Waals surface area contributed by atoms with Gasteiger partial charge in [-0.1, -0.05) is 23.7 Å². The van der Waals surface area contributed by atoms with E-state index in [0.29, 0.717) is 5.15 Å². The lowest BCUT2D eigenvalue weighted by Crippen LogP contribution is -2.08. The van der Waals surface area contributed by atoms with E-state index in [2.05, 4.69) is 51.5 Å². The van der Waals surface area contributed by atoms with Crippen LogP contribution in [0.1, 0.15) is 0 Å². The molecule has 0 saturated heterocycles. The first kappa shape index (κ1) is 15.6. The van der Waals surface area contributed by atoms with E-state index in [4.69, 9.17) is 11.6 Å². The minimum Gasteiger partial charge on any atom is -0.378 e. The summed E-state index contributed by atoms with van der Waals surface area (Å²) in [5, 5.41) is 10.8. The van der Waals surface area contributed by atoms with Gasteiger partial charge in [-0.25, -0.2) is 0 Å². The average Bonchev–Trinajstić information content (AvgIpc) is 2.55. The van der Waals surface area contributed by atoms with Crippen LogP contribution in [0, 0.1) is 0 Å². The van der Waals surface area contributed by atoms with E-state index in [9.17, 15) is 0 Å². The minimum absolute atomic E-state index is 0.428. The second-order valence-electron chi connectivity index (χ2n) is 5.91. The Morgan fingerprint density at radius 1 is 0.739 bits per heavy atom. The number of aromatic nitrogens is 2. The number of halogens is 1. The second kappa shape index (κ2) is 6.05. The molecule has 0 aliphatic carbocycles. The molecule has 3 aromatic rings. The average molecular weight is 327 g/mol. The molecule has 1 heterocycles. The SMILES string of the molecule is CN(C)c1ccc(-c2nnc(Cl)c3cc(N(C)C)ccc23)cc1. The first-order valence-corrected chi connectivity index (χ1v) is 7.76. The third-order valence-corrected chi connectivity index (χ3v) is 4.17. The van der Waals surface area contributed by atoms with E-state index in [1.54, 1.807) is 0 Å². The summed E-state index contributed by atoms with van der Waals surface area (Å²) in [6.45, 7) is 0. The number of rotatable bonds is 3. The lowest BCUT2D eigenvalue weighted by atomic mass is 10.0. The van der Waals surface area contributed by atoms with Crippen molar-refractivity contribution in [1.29, 1.82) is 0 Å². The highest BCUT2D eigenvalue weighted by molar-refractivity contribution is 6.34. The first-order valence-electron chi connectivity index (χ1n) is 7.38. The van der Waals surface area contributed by atoms with Crippen molar-refractivity contribution in [2.24, 2.45) is 0 Å². The molecular formula is C18H19ClN4. The third kappa shape index (κ3) is 2.94. The van der Waals surface area contributed by atoms with Gasteiger partial charge in [0.1, 0.15) is 5.69 Å². The van der Waals surface area contributed by atoms with Gasteiger partial charge < -0.3 is 9.80 Å². The smallest absolute Gasteiger partial charge is 0.159 e. The molecule has 0 bridgehead atoms. The molecule has 4 nitrogen and oxygen atoms in total. The normalized spacial score (nSPS) is 10.8. The van der Waals surface area contributed by atoms with Crippen molar-refractivity contribution in [2.45, 2.75) is 0 Å². The molecular weight excluding hydrogens is 308 g/mol. The van der Waals surface area contributed by atoms with E-state index in [0.717, 1.165) is 33.4 Å². The lowest BCUT2D eigenvalue weighted by molar-refractivity contribution is 1.05. The van der Waals surface area contributed by atoms with Crippen LogP contribution in [0.25, 0.3) is 22.0 Å². The zero-order chi connectivity index (χ0) is 16.6. The van der Waals surface area contributed by atoms with Crippen LogP contribution < -0.4 is 9.80 Å². The maximum atomic E-state index is 6.26. The van der Waals surface area contributed by atoms with Gasteiger partial charge in [-0.3, -0.25) is 0 Å². The molecule has 0 N–H and O–H groups in total. The van der Waals surface area contributed by atoms with Gasteiger partial charge >= 0.3 is 0 Å². The Morgan fingerprint density at radius 2 is 1.35 bits per heavy atom.